The summed E-state index contributed by atoms with van der Waals surface area (Å²) in [7, 11) is 0. The van der Waals surface area contributed by atoms with Crippen LogP contribution in [0.2, 0.25) is 5.02 Å². The Bertz CT molecular complexity index is 481. The van der Waals surface area contributed by atoms with E-state index in [1.165, 1.54) is 18.2 Å². The van der Waals surface area contributed by atoms with Crippen LogP contribution in [0, 0.1) is 10.1 Å². The molecular formula is C12H15ClN2O5. The Kier molecular flexibility index (Phi) is 6.92. The Morgan fingerprint density at radius 2 is 2.15 bits per heavy atom. The van der Waals surface area contributed by atoms with Gasteiger partial charge in [0, 0.05) is 35.9 Å². The number of nitro benzene ring substituents is 1. The molecule has 20 heavy (non-hydrogen) atoms. The highest BCUT2D eigenvalue weighted by molar-refractivity contribution is 6.31. The van der Waals surface area contributed by atoms with Gasteiger partial charge in [0.05, 0.1) is 18.1 Å². The van der Waals surface area contributed by atoms with Gasteiger partial charge in [0.2, 0.25) is 0 Å². The van der Waals surface area contributed by atoms with Crippen molar-refractivity contribution in [1.82, 2.24) is 5.32 Å². The largest absolute Gasteiger partial charge is 0.394 e. The third-order valence-electron chi connectivity index (χ3n) is 2.34. The highest BCUT2D eigenvalue weighted by atomic mass is 35.5. The normalized spacial score (nSPS) is 10.3. The Hall–Kier alpha value is -1.70. The average Bonchev–Trinajstić information content (AvgIpc) is 2.41. The van der Waals surface area contributed by atoms with Crippen LogP contribution in [0.25, 0.3) is 0 Å². The molecule has 0 radical (unpaired) electrons. The van der Waals surface area contributed by atoms with Gasteiger partial charge in [-0.2, -0.15) is 0 Å². The minimum atomic E-state index is -0.606. The van der Waals surface area contributed by atoms with Crippen LogP contribution in [0.15, 0.2) is 18.2 Å². The molecule has 0 aliphatic rings. The monoisotopic (exact) mass is 302 g/mol. The minimum absolute atomic E-state index is 0.0431. The summed E-state index contributed by atoms with van der Waals surface area (Å²) in [5.74, 6) is -0.433. The number of nitrogens with zero attached hydrogens (tertiary/aromatic N) is 1. The molecular weight excluding hydrogens is 288 g/mol. The van der Waals surface area contributed by atoms with Crippen LogP contribution < -0.4 is 5.32 Å². The fourth-order valence-electron chi connectivity index (χ4n) is 1.46. The molecule has 1 rings (SSSR count). The van der Waals surface area contributed by atoms with E-state index in [1.54, 1.807) is 0 Å². The van der Waals surface area contributed by atoms with Crippen LogP contribution in [0.4, 0.5) is 5.69 Å². The highest BCUT2D eigenvalue weighted by Gasteiger charge is 2.13. The molecule has 2 N–H and O–H groups in total. The molecule has 0 fully saturated rings. The van der Waals surface area contributed by atoms with E-state index < -0.39 is 10.8 Å². The number of benzene rings is 1. The lowest BCUT2D eigenvalue weighted by Crippen LogP contribution is -2.25. The van der Waals surface area contributed by atoms with Gasteiger partial charge in [0.15, 0.2) is 0 Å². The third kappa shape index (κ3) is 5.52. The van der Waals surface area contributed by atoms with E-state index in [1.807, 2.05) is 0 Å². The summed E-state index contributed by atoms with van der Waals surface area (Å²) in [6.45, 7) is 0.994. The molecule has 7 nitrogen and oxygen atoms in total. The van der Waals surface area contributed by atoms with Gasteiger partial charge in [-0.1, -0.05) is 11.6 Å². The first-order chi connectivity index (χ1) is 9.54. The van der Waals surface area contributed by atoms with Crippen molar-refractivity contribution in [1.29, 1.82) is 0 Å². The van der Waals surface area contributed by atoms with Crippen molar-refractivity contribution in [2.45, 2.75) is 6.42 Å². The van der Waals surface area contributed by atoms with E-state index in [9.17, 15) is 14.9 Å². The van der Waals surface area contributed by atoms with Crippen LogP contribution in [0.5, 0.6) is 0 Å². The minimum Gasteiger partial charge on any atom is -0.394 e. The average molecular weight is 303 g/mol. The summed E-state index contributed by atoms with van der Waals surface area (Å²) in [5.41, 5.74) is -0.0885. The van der Waals surface area contributed by atoms with Gasteiger partial charge < -0.3 is 15.2 Å². The molecule has 110 valence electrons. The fourth-order valence-corrected chi connectivity index (χ4v) is 1.68. The van der Waals surface area contributed by atoms with Crippen molar-refractivity contribution in [2.75, 3.05) is 26.4 Å². The second kappa shape index (κ2) is 8.47. The van der Waals surface area contributed by atoms with E-state index in [-0.39, 0.29) is 29.5 Å². The van der Waals surface area contributed by atoms with Crippen molar-refractivity contribution in [3.8, 4) is 0 Å². The Morgan fingerprint density at radius 1 is 1.40 bits per heavy atom. The number of carbonyl (C=O) groups is 1. The smallest absolute Gasteiger partial charge is 0.271 e. The maximum Gasteiger partial charge on any atom is 0.271 e. The van der Waals surface area contributed by atoms with Crippen LogP contribution in [0.1, 0.15) is 16.8 Å². The molecule has 0 aliphatic carbocycles. The van der Waals surface area contributed by atoms with E-state index >= 15 is 0 Å². The highest BCUT2D eigenvalue weighted by Crippen LogP contribution is 2.20. The predicted molar refractivity (Wildman–Crippen MR) is 73.0 cm³/mol. The summed E-state index contributed by atoms with van der Waals surface area (Å²) in [6.07, 6.45) is 0.578. The number of ether oxygens (including phenoxy) is 1. The lowest BCUT2D eigenvalue weighted by Gasteiger charge is -2.06. The number of halogens is 1. The lowest BCUT2D eigenvalue weighted by atomic mass is 10.2. The van der Waals surface area contributed by atoms with Gasteiger partial charge in [0.25, 0.3) is 11.6 Å². The van der Waals surface area contributed by atoms with E-state index in [0.29, 0.717) is 19.6 Å². The Morgan fingerprint density at radius 3 is 2.80 bits per heavy atom. The summed E-state index contributed by atoms with van der Waals surface area (Å²) < 4.78 is 5.03. The number of aliphatic hydroxyl groups is 1. The second-order valence-corrected chi connectivity index (χ2v) is 4.34. The molecule has 0 aromatic heterocycles. The SMILES string of the molecule is O=C(NCCCOCCO)c1cc(Cl)cc([N+](=O)[O-])c1. The number of non-ortho nitro benzene ring substituents is 1. The van der Waals surface area contributed by atoms with Crippen LogP contribution in [0.3, 0.4) is 0 Å². The van der Waals surface area contributed by atoms with Gasteiger partial charge >= 0.3 is 0 Å². The zero-order valence-corrected chi connectivity index (χ0v) is 11.4. The van der Waals surface area contributed by atoms with Gasteiger partial charge in [0.1, 0.15) is 0 Å². The standard InChI is InChI=1S/C12H15ClN2O5/c13-10-6-9(7-11(8-10)15(18)19)12(17)14-2-1-4-20-5-3-16/h6-8,16H,1-5H2,(H,14,17). The first-order valence-electron chi connectivity index (χ1n) is 5.96. The number of nitro groups is 1. The first-order valence-corrected chi connectivity index (χ1v) is 6.34. The topological polar surface area (TPSA) is 102 Å². The molecule has 0 saturated carbocycles. The fraction of sp³-hybridized carbons (Fsp3) is 0.417. The third-order valence-corrected chi connectivity index (χ3v) is 2.56. The van der Waals surface area contributed by atoms with Crippen LogP contribution in [-0.4, -0.2) is 42.3 Å². The second-order valence-electron chi connectivity index (χ2n) is 3.90. The number of hydrogen-bond donors (Lipinski definition) is 2. The maximum atomic E-state index is 11.8. The molecule has 0 bridgehead atoms. The number of amides is 1. The molecule has 0 unspecified atom stereocenters. The van der Waals surface area contributed by atoms with Crippen molar-refractivity contribution in [3.05, 3.63) is 38.9 Å². The molecule has 0 atom stereocenters. The van der Waals surface area contributed by atoms with Gasteiger partial charge in [-0.3, -0.25) is 14.9 Å². The van der Waals surface area contributed by atoms with E-state index in [2.05, 4.69) is 5.32 Å². The maximum absolute atomic E-state index is 11.8. The van der Waals surface area contributed by atoms with Crippen LogP contribution >= 0.6 is 11.6 Å². The van der Waals surface area contributed by atoms with Gasteiger partial charge in [-0.15, -0.1) is 0 Å². The lowest BCUT2D eigenvalue weighted by molar-refractivity contribution is -0.384. The summed E-state index contributed by atoms with van der Waals surface area (Å²) in [6, 6.07) is 3.72. The molecule has 1 aromatic carbocycles. The van der Waals surface area contributed by atoms with Gasteiger partial charge in [-0.25, -0.2) is 0 Å². The van der Waals surface area contributed by atoms with Crippen molar-refractivity contribution in [2.24, 2.45) is 0 Å². The first kappa shape index (κ1) is 16.4. The number of nitrogens with one attached hydrogen (secondary N) is 1. The Labute approximate surface area is 120 Å². The van der Waals surface area contributed by atoms with E-state index in [0.717, 1.165) is 0 Å². The predicted octanol–water partition coefficient (Wildman–Crippen LogP) is 1.38. The van der Waals surface area contributed by atoms with Crippen molar-refractivity contribution >= 4 is 23.2 Å². The summed E-state index contributed by atoms with van der Waals surface area (Å²) >= 11 is 5.73. The zero-order chi connectivity index (χ0) is 15.0. The molecule has 0 spiro atoms. The Balaban J connectivity index is 2.49. The number of hydrogen-bond acceptors (Lipinski definition) is 5. The van der Waals surface area contributed by atoms with Crippen molar-refractivity contribution < 1.29 is 19.6 Å². The van der Waals surface area contributed by atoms with Gasteiger partial charge in [-0.05, 0) is 12.5 Å². The van der Waals surface area contributed by atoms with Crippen LogP contribution in [-0.2, 0) is 4.74 Å². The quantitative estimate of drug-likeness (QED) is 0.429. The molecule has 0 saturated heterocycles. The molecule has 1 aromatic rings. The molecule has 0 heterocycles. The molecule has 8 heteroatoms. The number of aliphatic hydroxyl groups excluding tert-OH is 1. The summed E-state index contributed by atoms with van der Waals surface area (Å²) in [5, 5.41) is 21.9. The van der Waals surface area contributed by atoms with Crippen molar-refractivity contribution in [3.63, 3.8) is 0 Å². The molecule has 1 amide bonds. The zero-order valence-electron chi connectivity index (χ0n) is 10.7. The van der Waals surface area contributed by atoms with E-state index in [4.69, 9.17) is 21.4 Å². The molecule has 0 aliphatic heterocycles. The number of carbonyl (C=O) groups excluding carboxylic acids is 1. The number of rotatable bonds is 8. The summed E-state index contributed by atoms with van der Waals surface area (Å²) in [4.78, 5) is 21.8.